The summed E-state index contributed by atoms with van der Waals surface area (Å²) in [7, 11) is 4.37. The molecule has 19 heavy (non-hydrogen) atoms. The molecular weight excluding hydrogens is 234 g/mol. The number of hydrogen-bond donors (Lipinski definition) is 1. The molecule has 1 unspecified atom stereocenters. The van der Waals surface area contributed by atoms with E-state index in [0.717, 1.165) is 13.1 Å². The smallest absolute Gasteiger partial charge is 0.0354 e. The third kappa shape index (κ3) is 4.30. The Morgan fingerprint density at radius 2 is 1.79 bits per heavy atom. The summed E-state index contributed by atoms with van der Waals surface area (Å²) in [6.45, 7) is 7.99. The molecule has 1 saturated heterocycles. The Balaban J connectivity index is 1.94. The van der Waals surface area contributed by atoms with E-state index in [1.165, 1.54) is 37.2 Å². The van der Waals surface area contributed by atoms with Crippen LogP contribution in [-0.2, 0) is 0 Å². The molecule has 1 aromatic rings. The number of aryl methyl sites for hydroxylation is 1. The van der Waals surface area contributed by atoms with Crippen molar-refractivity contribution >= 4 is 0 Å². The molecule has 0 spiro atoms. The van der Waals surface area contributed by atoms with E-state index in [2.05, 4.69) is 60.4 Å². The first-order chi connectivity index (χ1) is 9.16. The summed E-state index contributed by atoms with van der Waals surface area (Å²) in [6, 6.07) is 9.51. The summed E-state index contributed by atoms with van der Waals surface area (Å²) in [6.07, 6.45) is 1.20. The Bertz CT molecular complexity index is 366. The minimum Gasteiger partial charge on any atom is -0.314 e. The molecule has 3 heteroatoms. The zero-order chi connectivity index (χ0) is 13.7. The second-order valence-corrected chi connectivity index (χ2v) is 5.77. The Kier molecular flexibility index (Phi) is 5.37. The van der Waals surface area contributed by atoms with Crippen molar-refractivity contribution in [3.8, 4) is 0 Å². The van der Waals surface area contributed by atoms with Crippen LogP contribution in [0.2, 0.25) is 0 Å². The number of hydrogen-bond acceptors (Lipinski definition) is 3. The summed E-state index contributed by atoms with van der Waals surface area (Å²) in [5.41, 5.74) is 2.77. The van der Waals surface area contributed by atoms with Gasteiger partial charge in [0, 0.05) is 38.8 Å². The van der Waals surface area contributed by atoms with Crippen LogP contribution in [0.1, 0.15) is 23.6 Å². The van der Waals surface area contributed by atoms with Gasteiger partial charge in [0.05, 0.1) is 0 Å². The van der Waals surface area contributed by atoms with Crippen molar-refractivity contribution in [2.75, 3.05) is 46.8 Å². The van der Waals surface area contributed by atoms with E-state index in [9.17, 15) is 0 Å². The first kappa shape index (κ1) is 14.5. The van der Waals surface area contributed by atoms with Gasteiger partial charge in [-0.05, 0) is 33.0 Å². The first-order valence-corrected chi connectivity index (χ1v) is 7.33. The molecule has 1 N–H and O–H groups in total. The van der Waals surface area contributed by atoms with Crippen molar-refractivity contribution in [2.45, 2.75) is 19.4 Å². The lowest BCUT2D eigenvalue weighted by atomic mass is 10.0. The highest BCUT2D eigenvalue weighted by Crippen LogP contribution is 2.22. The Hall–Kier alpha value is -0.900. The predicted molar refractivity (Wildman–Crippen MR) is 81.5 cm³/mol. The second kappa shape index (κ2) is 7.04. The van der Waals surface area contributed by atoms with Gasteiger partial charge in [0.2, 0.25) is 0 Å². The van der Waals surface area contributed by atoms with Gasteiger partial charge in [0.15, 0.2) is 0 Å². The maximum atomic E-state index is 3.41. The molecule has 2 rings (SSSR count). The maximum absolute atomic E-state index is 3.41. The molecule has 0 saturated carbocycles. The van der Waals surface area contributed by atoms with Crippen molar-refractivity contribution in [2.24, 2.45) is 0 Å². The fourth-order valence-electron chi connectivity index (χ4n) is 2.75. The molecule has 1 aromatic carbocycles. The summed E-state index contributed by atoms with van der Waals surface area (Å²) >= 11 is 0. The number of benzene rings is 1. The third-order valence-electron chi connectivity index (χ3n) is 4.01. The van der Waals surface area contributed by atoms with Crippen LogP contribution in [0.25, 0.3) is 0 Å². The van der Waals surface area contributed by atoms with E-state index < -0.39 is 0 Å². The van der Waals surface area contributed by atoms with Gasteiger partial charge in [-0.15, -0.1) is 0 Å². The van der Waals surface area contributed by atoms with Crippen LogP contribution < -0.4 is 5.32 Å². The van der Waals surface area contributed by atoms with Gasteiger partial charge < -0.3 is 15.1 Å². The quantitative estimate of drug-likeness (QED) is 0.873. The Labute approximate surface area is 117 Å². The van der Waals surface area contributed by atoms with Crippen LogP contribution in [0.15, 0.2) is 24.3 Å². The summed E-state index contributed by atoms with van der Waals surface area (Å²) in [5.74, 6) is 0. The maximum Gasteiger partial charge on any atom is 0.0354 e. The zero-order valence-corrected chi connectivity index (χ0v) is 12.5. The second-order valence-electron chi connectivity index (χ2n) is 5.77. The highest BCUT2D eigenvalue weighted by Gasteiger charge is 2.16. The van der Waals surface area contributed by atoms with Crippen molar-refractivity contribution in [3.63, 3.8) is 0 Å². The standard InChI is InChI=1S/C16H27N3/c1-14-4-6-15(7-5-14)16(18(2)3)8-11-19-12-9-17-10-13-19/h4-7,16-17H,8-13H2,1-3H3. The zero-order valence-electron chi connectivity index (χ0n) is 12.5. The van der Waals surface area contributed by atoms with Crippen LogP contribution in [0.4, 0.5) is 0 Å². The molecule has 1 heterocycles. The minimum atomic E-state index is 0.524. The van der Waals surface area contributed by atoms with Gasteiger partial charge >= 0.3 is 0 Å². The summed E-state index contributed by atoms with van der Waals surface area (Å²) < 4.78 is 0. The van der Waals surface area contributed by atoms with Crippen molar-refractivity contribution < 1.29 is 0 Å². The lowest BCUT2D eigenvalue weighted by Crippen LogP contribution is -2.44. The number of piperazine rings is 1. The summed E-state index contributed by atoms with van der Waals surface area (Å²) in [5, 5.41) is 3.41. The topological polar surface area (TPSA) is 18.5 Å². The molecular formula is C16H27N3. The van der Waals surface area contributed by atoms with Crippen LogP contribution in [0.3, 0.4) is 0 Å². The molecule has 0 radical (unpaired) electrons. The molecule has 1 atom stereocenters. The van der Waals surface area contributed by atoms with Gasteiger partial charge in [-0.25, -0.2) is 0 Å². The largest absolute Gasteiger partial charge is 0.314 e. The van der Waals surface area contributed by atoms with Crippen molar-refractivity contribution in [1.29, 1.82) is 0 Å². The average Bonchev–Trinajstić information content (AvgIpc) is 2.42. The number of nitrogens with one attached hydrogen (secondary N) is 1. The van der Waals surface area contributed by atoms with Gasteiger partial charge in [0.1, 0.15) is 0 Å². The van der Waals surface area contributed by atoms with Gasteiger partial charge in [0.25, 0.3) is 0 Å². The first-order valence-electron chi connectivity index (χ1n) is 7.33. The molecule has 3 nitrogen and oxygen atoms in total. The lowest BCUT2D eigenvalue weighted by Gasteiger charge is -2.31. The molecule has 106 valence electrons. The van der Waals surface area contributed by atoms with Crippen molar-refractivity contribution in [1.82, 2.24) is 15.1 Å². The van der Waals surface area contributed by atoms with E-state index in [4.69, 9.17) is 0 Å². The molecule has 0 aromatic heterocycles. The third-order valence-corrected chi connectivity index (χ3v) is 4.01. The Morgan fingerprint density at radius 1 is 1.16 bits per heavy atom. The minimum absolute atomic E-state index is 0.524. The van der Waals surface area contributed by atoms with E-state index in [1.807, 2.05) is 0 Å². The monoisotopic (exact) mass is 261 g/mol. The molecule has 0 bridgehead atoms. The number of nitrogens with zero attached hydrogens (tertiary/aromatic N) is 2. The van der Waals surface area contributed by atoms with E-state index in [0.29, 0.717) is 6.04 Å². The molecule has 0 aliphatic carbocycles. The molecule has 1 fully saturated rings. The fourth-order valence-corrected chi connectivity index (χ4v) is 2.75. The van der Waals surface area contributed by atoms with Crippen molar-refractivity contribution in [3.05, 3.63) is 35.4 Å². The molecule has 1 aliphatic rings. The lowest BCUT2D eigenvalue weighted by molar-refractivity contribution is 0.199. The Morgan fingerprint density at radius 3 is 2.37 bits per heavy atom. The van der Waals surface area contributed by atoms with Crippen LogP contribution in [0, 0.1) is 6.92 Å². The normalized spacial score (nSPS) is 18.7. The highest BCUT2D eigenvalue weighted by atomic mass is 15.2. The summed E-state index contributed by atoms with van der Waals surface area (Å²) in [4.78, 5) is 4.91. The molecule has 1 aliphatic heterocycles. The predicted octanol–water partition coefficient (Wildman–Crippen LogP) is 1.89. The van der Waals surface area contributed by atoms with E-state index >= 15 is 0 Å². The number of rotatable bonds is 5. The fraction of sp³-hybridized carbons (Fsp3) is 0.625. The molecule has 0 amide bonds. The van der Waals surface area contributed by atoms with Gasteiger partial charge in [-0.2, -0.15) is 0 Å². The van der Waals surface area contributed by atoms with Crippen LogP contribution in [0.5, 0.6) is 0 Å². The highest BCUT2D eigenvalue weighted by molar-refractivity contribution is 5.24. The SMILES string of the molecule is Cc1ccc(C(CCN2CCNCC2)N(C)C)cc1. The van der Waals surface area contributed by atoms with Crippen LogP contribution >= 0.6 is 0 Å². The average molecular weight is 261 g/mol. The van der Waals surface area contributed by atoms with Crippen LogP contribution in [-0.4, -0.2) is 56.6 Å². The van der Waals surface area contributed by atoms with Gasteiger partial charge in [-0.3, -0.25) is 0 Å². The van der Waals surface area contributed by atoms with E-state index in [1.54, 1.807) is 0 Å². The van der Waals surface area contributed by atoms with E-state index in [-0.39, 0.29) is 0 Å². The van der Waals surface area contributed by atoms with Gasteiger partial charge in [-0.1, -0.05) is 29.8 Å².